The molecule has 0 aliphatic carbocycles. The van der Waals surface area contributed by atoms with Gasteiger partial charge in [-0.3, -0.25) is 9.48 Å². The van der Waals surface area contributed by atoms with Crippen LogP contribution in [0.4, 0.5) is 5.69 Å². The monoisotopic (exact) mass is 597 g/mol. The second-order valence-corrected chi connectivity index (χ2v) is 9.62. The van der Waals surface area contributed by atoms with Gasteiger partial charge in [-0.2, -0.15) is 0 Å². The van der Waals surface area contributed by atoms with E-state index in [0.717, 1.165) is 31.5 Å². The number of nitrogens with zero attached hydrogens (tertiary/aromatic N) is 3. The fraction of sp³-hybridized carbons (Fsp3) is 0.185. The van der Waals surface area contributed by atoms with Crippen molar-refractivity contribution in [2.24, 2.45) is 12.0 Å². The molecular formula is C27H25Br2N3O3. The average molecular weight is 599 g/mol. The normalized spacial score (nSPS) is 11.2. The minimum atomic E-state index is -0.175. The van der Waals surface area contributed by atoms with Gasteiger partial charge in [0.1, 0.15) is 6.61 Å². The van der Waals surface area contributed by atoms with Crippen LogP contribution in [0, 0.1) is 6.92 Å². The zero-order valence-corrected chi connectivity index (χ0v) is 22.8. The SMILES string of the molecule is CCOc1cc(C=Nc2c(C)n(C)n(-c3ccccc3)c2=O)cc(Br)c1OCc1ccc(Br)cc1. The molecule has 1 heterocycles. The molecule has 0 saturated carbocycles. The van der Waals surface area contributed by atoms with Crippen molar-refractivity contribution in [3.05, 3.63) is 103 Å². The van der Waals surface area contributed by atoms with Crippen LogP contribution in [0.5, 0.6) is 11.5 Å². The van der Waals surface area contributed by atoms with Crippen molar-refractivity contribution in [3.8, 4) is 17.2 Å². The Morgan fingerprint density at radius 1 is 1.00 bits per heavy atom. The van der Waals surface area contributed by atoms with Crippen molar-refractivity contribution in [2.45, 2.75) is 20.5 Å². The Kier molecular flexibility index (Phi) is 7.93. The van der Waals surface area contributed by atoms with Crippen LogP contribution in [0.25, 0.3) is 5.69 Å². The highest BCUT2D eigenvalue weighted by Crippen LogP contribution is 2.37. The minimum absolute atomic E-state index is 0.175. The van der Waals surface area contributed by atoms with Crippen molar-refractivity contribution in [1.29, 1.82) is 0 Å². The van der Waals surface area contributed by atoms with E-state index >= 15 is 0 Å². The van der Waals surface area contributed by atoms with Gasteiger partial charge in [0.25, 0.3) is 5.56 Å². The van der Waals surface area contributed by atoms with Crippen LogP contribution in [-0.4, -0.2) is 22.2 Å². The van der Waals surface area contributed by atoms with Crippen molar-refractivity contribution < 1.29 is 9.47 Å². The van der Waals surface area contributed by atoms with Crippen LogP contribution in [-0.2, 0) is 13.7 Å². The van der Waals surface area contributed by atoms with Crippen LogP contribution in [0.15, 0.2) is 85.5 Å². The van der Waals surface area contributed by atoms with Crippen LogP contribution < -0.4 is 15.0 Å². The first kappa shape index (κ1) is 25.0. The number of aromatic nitrogens is 2. The van der Waals surface area contributed by atoms with Gasteiger partial charge in [-0.05, 0) is 77.3 Å². The van der Waals surface area contributed by atoms with Crippen LogP contribution in [0.1, 0.15) is 23.7 Å². The number of benzene rings is 3. The molecule has 0 unspecified atom stereocenters. The Balaban J connectivity index is 1.63. The lowest BCUT2D eigenvalue weighted by atomic mass is 10.2. The van der Waals surface area contributed by atoms with E-state index in [-0.39, 0.29) is 5.56 Å². The Bertz CT molecular complexity index is 1410. The molecule has 35 heavy (non-hydrogen) atoms. The van der Waals surface area contributed by atoms with E-state index in [4.69, 9.17) is 9.47 Å². The molecule has 0 N–H and O–H groups in total. The average Bonchev–Trinajstić information content (AvgIpc) is 3.06. The molecule has 0 saturated heterocycles. The molecule has 0 bridgehead atoms. The minimum Gasteiger partial charge on any atom is -0.490 e. The quantitative estimate of drug-likeness (QED) is 0.211. The van der Waals surface area contributed by atoms with E-state index in [1.54, 1.807) is 10.9 Å². The van der Waals surface area contributed by atoms with Gasteiger partial charge in [0, 0.05) is 17.7 Å². The molecule has 0 radical (unpaired) electrons. The fourth-order valence-corrected chi connectivity index (χ4v) is 4.48. The molecule has 0 aliphatic rings. The second-order valence-electron chi connectivity index (χ2n) is 7.85. The molecule has 1 aromatic heterocycles. The molecule has 6 nitrogen and oxygen atoms in total. The smallest absolute Gasteiger partial charge is 0.297 e. The Morgan fingerprint density at radius 2 is 1.71 bits per heavy atom. The predicted octanol–water partition coefficient (Wildman–Crippen LogP) is 6.74. The largest absolute Gasteiger partial charge is 0.490 e. The predicted molar refractivity (Wildman–Crippen MR) is 147 cm³/mol. The van der Waals surface area contributed by atoms with E-state index in [9.17, 15) is 4.79 Å². The fourth-order valence-electron chi connectivity index (χ4n) is 3.64. The number of rotatable bonds is 8. The topological polar surface area (TPSA) is 57.8 Å². The number of halogens is 2. The van der Waals surface area contributed by atoms with E-state index in [1.807, 2.05) is 92.3 Å². The van der Waals surface area contributed by atoms with Gasteiger partial charge in [0.05, 0.1) is 22.5 Å². The summed E-state index contributed by atoms with van der Waals surface area (Å²) in [4.78, 5) is 17.7. The highest BCUT2D eigenvalue weighted by Gasteiger charge is 2.16. The summed E-state index contributed by atoms with van der Waals surface area (Å²) < 4.78 is 17.1. The highest BCUT2D eigenvalue weighted by molar-refractivity contribution is 9.10. The van der Waals surface area contributed by atoms with Gasteiger partial charge in [-0.25, -0.2) is 9.67 Å². The molecule has 0 spiro atoms. The van der Waals surface area contributed by atoms with Gasteiger partial charge in [-0.15, -0.1) is 0 Å². The maximum atomic E-state index is 13.1. The lowest BCUT2D eigenvalue weighted by molar-refractivity contribution is 0.267. The van der Waals surface area contributed by atoms with Crippen molar-refractivity contribution in [2.75, 3.05) is 6.61 Å². The van der Waals surface area contributed by atoms with Gasteiger partial charge in [-0.1, -0.05) is 46.3 Å². The number of ether oxygens (including phenoxy) is 2. The number of hydrogen-bond donors (Lipinski definition) is 0. The van der Waals surface area contributed by atoms with E-state index in [0.29, 0.717) is 30.4 Å². The lowest BCUT2D eigenvalue weighted by Crippen LogP contribution is -2.19. The lowest BCUT2D eigenvalue weighted by Gasteiger charge is -2.14. The molecule has 0 amide bonds. The Morgan fingerprint density at radius 3 is 2.40 bits per heavy atom. The number of para-hydroxylation sites is 1. The molecule has 4 aromatic rings. The summed E-state index contributed by atoms with van der Waals surface area (Å²) in [5, 5.41) is 0. The first-order chi connectivity index (χ1) is 16.9. The zero-order valence-electron chi connectivity index (χ0n) is 19.7. The van der Waals surface area contributed by atoms with Crippen molar-refractivity contribution in [3.63, 3.8) is 0 Å². The van der Waals surface area contributed by atoms with E-state index < -0.39 is 0 Å². The summed E-state index contributed by atoms with van der Waals surface area (Å²) in [7, 11) is 1.85. The van der Waals surface area contributed by atoms with E-state index in [2.05, 4.69) is 36.9 Å². The molecule has 4 rings (SSSR count). The van der Waals surface area contributed by atoms with Crippen LogP contribution in [0.3, 0.4) is 0 Å². The third-order valence-corrected chi connectivity index (χ3v) is 6.61. The third-order valence-electron chi connectivity index (χ3n) is 5.49. The maximum absolute atomic E-state index is 13.1. The summed E-state index contributed by atoms with van der Waals surface area (Å²) in [6.07, 6.45) is 1.67. The molecule has 180 valence electrons. The first-order valence-corrected chi connectivity index (χ1v) is 12.7. The van der Waals surface area contributed by atoms with E-state index in [1.165, 1.54) is 0 Å². The third kappa shape index (κ3) is 5.60. The van der Waals surface area contributed by atoms with Gasteiger partial charge >= 0.3 is 0 Å². The summed E-state index contributed by atoms with van der Waals surface area (Å²) in [5.74, 6) is 1.22. The molecule has 8 heteroatoms. The Labute approximate surface area is 221 Å². The van der Waals surface area contributed by atoms with Crippen LogP contribution >= 0.6 is 31.9 Å². The standard InChI is InChI=1S/C27H25Br2N3O3/c1-4-34-24-15-20(14-23(29)26(24)35-17-19-10-12-21(28)13-11-19)16-30-25-18(2)31(3)32(27(25)33)22-8-6-5-7-9-22/h5-16H,4,17H2,1-3H3. The molecule has 0 fully saturated rings. The summed E-state index contributed by atoms with van der Waals surface area (Å²) in [6.45, 7) is 4.70. The van der Waals surface area contributed by atoms with Crippen LogP contribution in [0.2, 0.25) is 0 Å². The molecule has 0 aliphatic heterocycles. The molecule has 0 atom stereocenters. The molecule has 3 aromatic carbocycles. The zero-order chi connectivity index (χ0) is 24.9. The summed E-state index contributed by atoms with van der Waals surface area (Å²) >= 11 is 7.06. The van der Waals surface area contributed by atoms with Crippen molar-refractivity contribution in [1.82, 2.24) is 9.36 Å². The highest BCUT2D eigenvalue weighted by atomic mass is 79.9. The Hall–Kier alpha value is -3.10. The summed E-state index contributed by atoms with van der Waals surface area (Å²) in [5.41, 5.74) is 3.60. The molecular weight excluding hydrogens is 574 g/mol. The maximum Gasteiger partial charge on any atom is 0.297 e. The number of hydrogen-bond acceptors (Lipinski definition) is 4. The second kappa shape index (κ2) is 11.1. The summed E-state index contributed by atoms with van der Waals surface area (Å²) in [6, 6.07) is 21.2. The van der Waals surface area contributed by atoms with Crippen molar-refractivity contribution >= 4 is 43.8 Å². The van der Waals surface area contributed by atoms with Gasteiger partial charge in [0.2, 0.25) is 0 Å². The van der Waals surface area contributed by atoms with Gasteiger partial charge < -0.3 is 9.47 Å². The van der Waals surface area contributed by atoms with Gasteiger partial charge in [0.15, 0.2) is 17.2 Å². The first-order valence-electron chi connectivity index (χ1n) is 11.1. The number of aliphatic imine (C=N–C) groups is 1.